The molecule has 1 rings (SSSR count). The highest BCUT2D eigenvalue weighted by atomic mass is 16.3. The van der Waals surface area contributed by atoms with Crippen LogP contribution in [0.3, 0.4) is 0 Å². The normalized spacial score (nSPS) is 23.7. The Balaban J connectivity index is 2.72. The number of rotatable bonds is 2. The van der Waals surface area contributed by atoms with Crippen molar-refractivity contribution in [2.75, 3.05) is 13.2 Å². The van der Waals surface area contributed by atoms with E-state index in [9.17, 15) is 5.11 Å². The van der Waals surface area contributed by atoms with Crippen LogP contribution in [0.15, 0.2) is 16.8 Å². The van der Waals surface area contributed by atoms with Crippen molar-refractivity contribution in [1.82, 2.24) is 4.90 Å². The van der Waals surface area contributed by atoms with Gasteiger partial charge in [0.25, 0.3) is 0 Å². The first kappa shape index (κ1) is 9.22. The van der Waals surface area contributed by atoms with Gasteiger partial charge in [0.15, 0.2) is 0 Å². The number of aliphatic imine (C=N–C) groups is 1. The van der Waals surface area contributed by atoms with E-state index in [1.807, 2.05) is 19.9 Å². The van der Waals surface area contributed by atoms with E-state index in [1.54, 1.807) is 4.90 Å². The van der Waals surface area contributed by atoms with E-state index in [1.165, 1.54) is 0 Å². The molecule has 1 aliphatic rings. The monoisotopic (exact) mass is 170 g/mol. The molecule has 0 fully saturated rings. The molecule has 0 aromatic rings. The minimum atomic E-state index is -0.831. The minimum absolute atomic E-state index is 0.0246. The van der Waals surface area contributed by atoms with Gasteiger partial charge in [-0.05, 0) is 19.9 Å². The van der Waals surface area contributed by atoms with Crippen LogP contribution in [0.2, 0.25) is 0 Å². The van der Waals surface area contributed by atoms with E-state index in [2.05, 4.69) is 4.99 Å². The third-order valence-corrected chi connectivity index (χ3v) is 1.81. The topological polar surface area (TPSA) is 56.1 Å². The van der Waals surface area contributed by atoms with Crippen LogP contribution in [0.25, 0.3) is 0 Å². The van der Waals surface area contributed by atoms with E-state index in [4.69, 9.17) is 5.11 Å². The summed E-state index contributed by atoms with van der Waals surface area (Å²) in [6.07, 6.45) is 1.05. The summed E-state index contributed by atoms with van der Waals surface area (Å²) in [4.78, 5) is 5.59. The van der Waals surface area contributed by atoms with E-state index in [0.29, 0.717) is 6.54 Å². The van der Waals surface area contributed by atoms with Crippen LogP contribution in [0, 0.1) is 0 Å². The molecule has 4 nitrogen and oxygen atoms in total. The van der Waals surface area contributed by atoms with Crippen LogP contribution in [-0.4, -0.2) is 40.3 Å². The summed E-state index contributed by atoms with van der Waals surface area (Å²) in [7, 11) is 0. The Bertz CT molecular complexity index is 223. The molecule has 1 atom stereocenters. The first-order chi connectivity index (χ1) is 5.65. The molecule has 0 bridgehead atoms. The van der Waals surface area contributed by atoms with E-state index in [0.717, 1.165) is 11.4 Å². The molecule has 1 aliphatic heterocycles. The Hall–Kier alpha value is -0.870. The summed E-state index contributed by atoms with van der Waals surface area (Å²) < 4.78 is 0. The fraction of sp³-hybridized carbons (Fsp3) is 0.625. The molecule has 1 unspecified atom stereocenters. The van der Waals surface area contributed by atoms with E-state index >= 15 is 0 Å². The molecule has 0 radical (unpaired) electrons. The van der Waals surface area contributed by atoms with Crippen molar-refractivity contribution in [3.8, 4) is 0 Å². The van der Waals surface area contributed by atoms with Crippen LogP contribution >= 0.6 is 0 Å². The molecular weight excluding hydrogens is 156 g/mol. The standard InChI is InChI=1S/C8H14N2O2/c1-6-5-7(2)10(3-4-11)8(12)9-6/h5,8,11-12H,3-4H2,1-2H3. The van der Waals surface area contributed by atoms with Crippen molar-refractivity contribution in [3.05, 3.63) is 11.8 Å². The third kappa shape index (κ3) is 1.84. The van der Waals surface area contributed by atoms with Crippen LogP contribution < -0.4 is 0 Å². The number of hydrogen-bond donors (Lipinski definition) is 2. The molecule has 0 saturated heterocycles. The van der Waals surface area contributed by atoms with Gasteiger partial charge in [-0.3, -0.25) is 0 Å². The van der Waals surface area contributed by atoms with Crippen molar-refractivity contribution in [3.63, 3.8) is 0 Å². The first-order valence-corrected chi connectivity index (χ1v) is 3.93. The Morgan fingerprint density at radius 1 is 1.58 bits per heavy atom. The molecule has 0 aromatic carbocycles. The maximum Gasteiger partial charge on any atom is 0.225 e. The number of hydrogen-bond acceptors (Lipinski definition) is 4. The van der Waals surface area contributed by atoms with Gasteiger partial charge in [-0.15, -0.1) is 0 Å². The lowest BCUT2D eigenvalue weighted by Gasteiger charge is -2.30. The molecule has 4 heteroatoms. The van der Waals surface area contributed by atoms with Gasteiger partial charge in [0.05, 0.1) is 6.61 Å². The van der Waals surface area contributed by atoms with Gasteiger partial charge in [0.1, 0.15) is 0 Å². The number of aliphatic hydroxyl groups excluding tert-OH is 2. The first-order valence-electron chi connectivity index (χ1n) is 3.93. The predicted octanol–water partition coefficient (Wildman–Crippen LogP) is -0.0651. The minimum Gasteiger partial charge on any atom is -0.395 e. The lowest BCUT2D eigenvalue weighted by Crippen LogP contribution is -2.37. The predicted molar refractivity (Wildman–Crippen MR) is 46.7 cm³/mol. The molecule has 68 valence electrons. The molecule has 0 aromatic heterocycles. The van der Waals surface area contributed by atoms with Gasteiger partial charge in [0, 0.05) is 18.0 Å². The number of allylic oxidation sites excluding steroid dienone is 2. The Labute approximate surface area is 71.8 Å². The quantitative estimate of drug-likeness (QED) is 0.610. The lowest BCUT2D eigenvalue weighted by atomic mass is 10.2. The zero-order chi connectivity index (χ0) is 9.14. The molecule has 2 N–H and O–H groups in total. The Kier molecular flexibility index (Phi) is 2.83. The molecule has 0 aliphatic carbocycles. The highest BCUT2D eigenvalue weighted by molar-refractivity contribution is 5.93. The summed E-state index contributed by atoms with van der Waals surface area (Å²) in [6, 6.07) is 0. The smallest absolute Gasteiger partial charge is 0.225 e. The number of β-amino-alcohol motifs (C(OH)–C–C–N with tert-alkyl or cyclic N) is 1. The highest BCUT2D eigenvalue weighted by Crippen LogP contribution is 2.13. The molecule has 12 heavy (non-hydrogen) atoms. The van der Waals surface area contributed by atoms with Gasteiger partial charge < -0.3 is 15.1 Å². The summed E-state index contributed by atoms with van der Waals surface area (Å²) in [5.41, 5.74) is 1.75. The van der Waals surface area contributed by atoms with Gasteiger partial charge in [-0.1, -0.05) is 0 Å². The van der Waals surface area contributed by atoms with Crippen LogP contribution in [0.1, 0.15) is 13.8 Å². The van der Waals surface area contributed by atoms with Crippen molar-refractivity contribution >= 4 is 5.71 Å². The fourth-order valence-corrected chi connectivity index (χ4v) is 1.26. The molecule has 1 heterocycles. The zero-order valence-electron chi connectivity index (χ0n) is 7.36. The Morgan fingerprint density at radius 2 is 2.25 bits per heavy atom. The zero-order valence-corrected chi connectivity index (χ0v) is 7.36. The molecule has 0 amide bonds. The maximum atomic E-state index is 9.43. The average Bonchev–Trinajstić information content (AvgIpc) is 1.96. The second-order valence-corrected chi connectivity index (χ2v) is 2.82. The maximum absolute atomic E-state index is 9.43. The van der Waals surface area contributed by atoms with Crippen molar-refractivity contribution in [1.29, 1.82) is 0 Å². The van der Waals surface area contributed by atoms with Gasteiger partial charge in [-0.25, -0.2) is 4.99 Å². The lowest BCUT2D eigenvalue weighted by molar-refractivity contribution is 0.0241. The SMILES string of the molecule is CC1=CC(C)=NC(O)N1CCO. The van der Waals surface area contributed by atoms with E-state index < -0.39 is 6.35 Å². The largest absolute Gasteiger partial charge is 0.395 e. The van der Waals surface area contributed by atoms with Crippen molar-refractivity contribution < 1.29 is 10.2 Å². The van der Waals surface area contributed by atoms with Crippen LogP contribution in [0.5, 0.6) is 0 Å². The number of aliphatic hydroxyl groups is 2. The summed E-state index contributed by atoms with van der Waals surface area (Å²) in [6.45, 7) is 4.16. The summed E-state index contributed by atoms with van der Waals surface area (Å²) in [5.74, 6) is 0. The summed E-state index contributed by atoms with van der Waals surface area (Å²) in [5, 5.41) is 18.1. The van der Waals surface area contributed by atoms with Gasteiger partial charge >= 0.3 is 0 Å². The highest BCUT2D eigenvalue weighted by Gasteiger charge is 2.17. The second-order valence-electron chi connectivity index (χ2n) is 2.82. The Morgan fingerprint density at radius 3 is 2.75 bits per heavy atom. The van der Waals surface area contributed by atoms with Gasteiger partial charge in [-0.2, -0.15) is 0 Å². The second kappa shape index (κ2) is 3.69. The molecule has 0 spiro atoms. The van der Waals surface area contributed by atoms with E-state index in [-0.39, 0.29) is 6.61 Å². The van der Waals surface area contributed by atoms with Crippen LogP contribution in [0.4, 0.5) is 0 Å². The van der Waals surface area contributed by atoms with Gasteiger partial charge in [0.2, 0.25) is 6.35 Å². The van der Waals surface area contributed by atoms with Crippen molar-refractivity contribution in [2.24, 2.45) is 4.99 Å². The molecular formula is C8H14N2O2. The summed E-state index contributed by atoms with van der Waals surface area (Å²) >= 11 is 0. The average molecular weight is 170 g/mol. The number of nitrogens with zero attached hydrogens (tertiary/aromatic N) is 2. The molecule has 0 saturated carbocycles. The third-order valence-electron chi connectivity index (χ3n) is 1.81. The van der Waals surface area contributed by atoms with Crippen molar-refractivity contribution in [2.45, 2.75) is 20.2 Å². The van der Waals surface area contributed by atoms with Crippen LogP contribution in [-0.2, 0) is 0 Å². The fourth-order valence-electron chi connectivity index (χ4n) is 1.26.